The molecule has 106 valence electrons. The summed E-state index contributed by atoms with van der Waals surface area (Å²) in [7, 11) is 0. The molecular weight excluding hydrogens is 246 g/mol. The lowest BCUT2D eigenvalue weighted by Gasteiger charge is -2.41. The monoisotopic (exact) mass is 267 g/mol. The van der Waals surface area contributed by atoms with E-state index in [0.717, 1.165) is 5.75 Å². The largest absolute Gasteiger partial charge is 0.475 e. The van der Waals surface area contributed by atoms with Gasteiger partial charge in [-0.15, -0.1) is 0 Å². The summed E-state index contributed by atoms with van der Waals surface area (Å²) < 4.78 is 5.78. The summed E-state index contributed by atoms with van der Waals surface area (Å²) in [5, 5.41) is 28.8. The van der Waals surface area contributed by atoms with Crippen molar-refractivity contribution in [2.75, 3.05) is 19.7 Å². The minimum Gasteiger partial charge on any atom is -0.475 e. The molecule has 5 heteroatoms. The highest BCUT2D eigenvalue weighted by Gasteiger charge is 2.36. The number of hydrogen-bond acceptors (Lipinski definition) is 5. The molecule has 0 saturated carbocycles. The molecule has 1 fully saturated rings. The highest BCUT2D eigenvalue weighted by atomic mass is 16.5. The maximum absolute atomic E-state index is 9.81. The Morgan fingerprint density at radius 3 is 2.58 bits per heavy atom. The van der Waals surface area contributed by atoms with Crippen LogP contribution in [0.15, 0.2) is 30.3 Å². The van der Waals surface area contributed by atoms with Crippen LogP contribution < -0.4 is 4.74 Å². The van der Waals surface area contributed by atoms with E-state index in [1.165, 1.54) is 0 Å². The second kappa shape index (κ2) is 6.34. The van der Waals surface area contributed by atoms with E-state index >= 15 is 0 Å². The van der Waals surface area contributed by atoms with Gasteiger partial charge < -0.3 is 20.1 Å². The molecule has 0 spiro atoms. The van der Waals surface area contributed by atoms with Crippen molar-refractivity contribution in [2.24, 2.45) is 5.92 Å². The Balaban J connectivity index is 1.97. The number of piperidine rings is 1. The smallest absolute Gasteiger partial charge is 0.149 e. The van der Waals surface area contributed by atoms with Crippen molar-refractivity contribution in [1.29, 1.82) is 0 Å². The van der Waals surface area contributed by atoms with Crippen LogP contribution in [0.2, 0.25) is 0 Å². The van der Waals surface area contributed by atoms with Gasteiger partial charge in [0, 0.05) is 25.6 Å². The maximum Gasteiger partial charge on any atom is 0.149 e. The van der Waals surface area contributed by atoms with E-state index in [4.69, 9.17) is 4.74 Å². The number of rotatable bonds is 4. The Bertz CT molecular complexity index is 386. The fourth-order valence-corrected chi connectivity index (χ4v) is 2.38. The number of benzene rings is 1. The van der Waals surface area contributed by atoms with E-state index in [2.05, 4.69) is 0 Å². The summed E-state index contributed by atoms with van der Waals surface area (Å²) in [5.74, 6) is 0.418. The zero-order valence-electron chi connectivity index (χ0n) is 11.0. The van der Waals surface area contributed by atoms with Crippen LogP contribution in [0.25, 0.3) is 0 Å². The molecule has 1 saturated heterocycles. The summed E-state index contributed by atoms with van der Waals surface area (Å²) in [6.07, 6.45) is -1.95. The number of para-hydroxylation sites is 1. The van der Waals surface area contributed by atoms with Gasteiger partial charge in [-0.25, -0.2) is 0 Å². The van der Waals surface area contributed by atoms with E-state index in [1.807, 2.05) is 42.2 Å². The SMILES string of the molecule is CC(Oc1ccccc1)N1CC(O)C(O)C(CO)C1. The van der Waals surface area contributed by atoms with Crippen molar-refractivity contribution in [2.45, 2.75) is 25.4 Å². The minimum atomic E-state index is -0.870. The number of nitrogens with zero attached hydrogens (tertiary/aromatic N) is 1. The van der Waals surface area contributed by atoms with Gasteiger partial charge in [0.2, 0.25) is 0 Å². The van der Waals surface area contributed by atoms with Gasteiger partial charge in [-0.1, -0.05) is 18.2 Å². The number of hydrogen-bond donors (Lipinski definition) is 3. The van der Waals surface area contributed by atoms with Crippen molar-refractivity contribution < 1.29 is 20.1 Å². The van der Waals surface area contributed by atoms with Crippen LogP contribution in [0, 0.1) is 5.92 Å². The molecule has 0 amide bonds. The fraction of sp³-hybridized carbons (Fsp3) is 0.571. The zero-order chi connectivity index (χ0) is 13.8. The Kier molecular flexibility index (Phi) is 4.76. The average Bonchev–Trinajstić information content (AvgIpc) is 2.42. The molecule has 19 heavy (non-hydrogen) atoms. The Hall–Kier alpha value is -1.14. The topological polar surface area (TPSA) is 73.2 Å². The lowest BCUT2D eigenvalue weighted by Crippen LogP contribution is -2.56. The molecule has 0 aromatic heterocycles. The third-order valence-electron chi connectivity index (χ3n) is 3.57. The van der Waals surface area contributed by atoms with Crippen molar-refractivity contribution >= 4 is 0 Å². The molecule has 1 aromatic carbocycles. The molecule has 1 aromatic rings. The molecule has 0 radical (unpaired) electrons. The lowest BCUT2D eigenvalue weighted by molar-refractivity contribution is -0.116. The van der Waals surface area contributed by atoms with Crippen LogP contribution in [0.4, 0.5) is 0 Å². The van der Waals surface area contributed by atoms with Crippen molar-refractivity contribution in [3.05, 3.63) is 30.3 Å². The van der Waals surface area contributed by atoms with Gasteiger partial charge in [-0.2, -0.15) is 0 Å². The molecule has 4 unspecified atom stereocenters. The van der Waals surface area contributed by atoms with Gasteiger partial charge >= 0.3 is 0 Å². The normalized spacial score (nSPS) is 30.0. The Morgan fingerprint density at radius 1 is 1.26 bits per heavy atom. The predicted octanol–water partition coefficient (Wildman–Crippen LogP) is 0.0573. The van der Waals surface area contributed by atoms with E-state index in [1.54, 1.807) is 0 Å². The van der Waals surface area contributed by atoms with E-state index in [0.29, 0.717) is 13.1 Å². The number of aliphatic hydroxyl groups is 3. The maximum atomic E-state index is 9.81. The molecule has 0 bridgehead atoms. The van der Waals surface area contributed by atoms with E-state index in [-0.39, 0.29) is 18.8 Å². The van der Waals surface area contributed by atoms with Crippen LogP contribution >= 0.6 is 0 Å². The first-order valence-corrected chi connectivity index (χ1v) is 6.54. The van der Waals surface area contributed by atoms with Crippen LogP contribution in [0.1, 0.15) is 6.92 Å². The summed E-state index contributed by atoms with van der Waals surface area (Å²) in [4.78, 5) is 1.92. The van der Waals surface area contributed by atoms with Gasteiger partial charge in [0.05, 0.1) is 12.2 Å². The number of β-amino-alcohol motifs (C(OH)–C–C–N with tert-alkyl or cyclic N) is 1. The van der Waals surface area contributed by atoms with Gasteiger partial charge in [0.25, 0.3) is 0 Å². The molecule has 1 aliphatic rings. The molecule has 1 aliphatic heterocycles. The standard InChI is InChI=1S/C14H21NO4/c1-10(19-12-5-3-2-4-6-12)15-7-11(9-16)14(18)13(17)8-15/h2-6,10-11,13-14,16-18H,7-9H2,1H3. The predicted molar refractivity (Wildman–Crippen MR) is 70.7 cm³/mol. The third kappa shape index (κ3) is 3.45. The second-order valence-electron chi connectivity index (χ2n) is 4.98. The van der Waals surface area contributed by atoms with Crippen LogP contribution in [-0.2, 0) is 0 Å². The Labute approximate surface area is 113 Å². The Morgan fingerprint density at radius 2 is 1.95 bits per heavy atom. The summed E-state index contributed by atoms with van der Waals surface area (Å²) in [6.45, 7) is 2.59. The summed E-state index contributed by atoms with van der Waals surface area (Å²) in [6, 6.07) is 9.45. The van der Waals surface area contributed by atoms with Crippen LogP contribution in [0.3, 0.4) is 0 Å². The zero-order valence-corrected chi connectivity index (χ0v) is 11.0. The van der Waals surface area contributed by atoms with Crippen molar-refractivity contribution in [1.82, 2.24) is 4.90 Å². The van der Waals surface area contributed by atoms with Crippen molar-refractivity contribution in [3.8, 4) is 5.75 Å². The molecule has 3 N–H and O–H groups in total. The van der Waals surface area contributed by atoms with Crippen molar-refractivity contribution in [3.63, 3.8) is 0 Å². The summed E-state index contributed by atoms with van der Waals surface area (Å²) >= 11 is 0. The first-order chi connectivity index (χ1) is 9.11. The third-order valence-corrected chi connectivity index (χ3v) is 3.57. The van der Waals surface area contributed by atoms with E-state index < -0.39 is 12.2 Å². The molecule has 0 aliphatic carbocycles. The first-order valence-electron chi connectivity index (χ1n) is 6.54. The molecule has 5 nitrogen and oxygen atoms in total. The quantitative estimate of drug-likeness (QED) is 0.719. The van der Waals surface area contributed by atoms with Crippen LogP contribution in [0.5, 0.6) is 5.75 Å². The van der Waals surface area contributed by atoms with Gasteiger partial charge in [-0.3, -0.25) is 4.90 Å². The number of aliphatic hydroxyl groups excluding tert-OH is 3. The van der Waals surface area contributed by atoms with Gasteiger partial charge in [0.1, 0.15) is 12.0 Å². The van der Waals surface area contributed by atoms with Crippen LogP contribution in [-0.4, -0.2) is 58.4 Å². The minimum absolute atomic E-state index is 0.146. The highest BCUT2D eigenvalue weighted by molar-refractivity contribution is 5.21. The number of likely N-dealkylation sites (tertiary alicyclic amines) is 1. The highest BCUT2D eigenvalue weighted by Crippen LogP contribution is 2.21. The second-order valence-corrected chi connectivity index (χ2v) is 4.98. The summed E-state index contributed by atoms with van der Waals surface area (Å²) in [5.41, 5.74) is 0. The average molecular weight is 267 g/mol. The van der Waals surface area contributed by atoms with E-state index in [9.17, 15) is 15.3 Å². The molecule has 4 atom stereocenters. The molecule has 1 heterocycles. The molecule has 2 rings (SSSR count). The number of ether oxygens (including phenoxy) is 1. The fourth-order valence-electron chi connectivity index (χ4n) is 2.38. The van der Waals surface area contributed by atoms with Gasteiger partial charge in [0.15, 0.2) is 0 Å². The molecular formula is C14H21NO4. The van der Waals surface area contributed by atoms with Gasteiger partial charge in [-0.05, 0) is 19.1 Å². The lowest BCUT2D eigenvalue weighted by atomic mass is 9.93. The first kappa shape index (κ1) is 14.3.